The van der Waals surface area contributed by atoms with Gasteiger partial charge in [-0.15, -0.1) is 0 Å². The summed E-state index contributed by atoms with van der Waals surface area (Å²) >= 11 is 0. The van der Waals surface area contributed by atoms with Crippen LogP contribution in [0.15, 0.2) is 6.20 Å². The van der Waals surface area contributed by atoms with Gasteiger partial charge in [0.15, 0.2) is 0 Å². The summed E-state index contributed by atoms with van der Waals surface area (Å²) in [5.74, 6) is -0.489. The van der Waals surface area contributed by atoms with Crippen LogP contribution in [0.25, 0.3) is 0 Å². The molecule has 0 radical (unpaired) electrons. The number of ether oxygens (including phenoxy) is 2. The second-order valence-corrected chi connectivity index (χ2v) is 4.93. The molecule has 1 aromatic heterocycles. The van der Waals surface area contributed by atoms with Crippen LogP contribution in [0.1, 0.15) is 29.9 Å². The van der Waals surface area contributed by atoms with E-state index in [1.807, 2.05) is 4.90 Å². The first kappa shape index (κ1) is 16.7. The summed E-state index contributed by atoms with van der Waals surface area (Å²) in [7, 11) is 0. The van der Waals surface area contributed by atoms with Gasteiger partial charge >= 0.3 is 12.1 Å². The van der Waals surface area contributed by atoms with Crippen LogP contribution in [0, 0.1) is 11.3 Å². The molecule has 1 amide bonds. The Kier molecular flexibility index (Phi) is 5.46. The third-order valence-corrected chi connectivity index (χ3v) is 3.57. The molecule has 0 aliphatic carbocycles. The summed E-state index contributed by atoms with van der Waals surface area (Å²) in [5, 5.41) is 9.25. The maximum Gasteiger partial charge on any atom is 0.409 e. The number of hydrogen-bond acceptors (Lipinski definition) is 6. The molecule has 23 heavy (non-hydrogen) atoms. The van der Waals surface area contributed by atoms with Gasteiger partial charge in [-0.3, -0.25) is 0 Å². The maximum atomic E-state index is 12.0. The van der Waals surface area contributed by atoms with Gasteiger partial charge in [-0.1, -0.05) is 0 Å². The molecule has 8 nitrogen and oxygen atoms in total. The van der Waals surface area contributed by atoms with Gasteiger partial charge in [-0.05, 0) is 13.8 Å². The molecule has 0 aromatic carbocycles. The zero-order valence-electron chi connectivity index (χ0n) is 13.3. The second kappa shape index (κ2) is 7.54. The van der Waals surface area contributed by atoms with E-state index in [1.165, 1.54) is 6.20 Å². The Labute approximate surface area is 134 Å². The first-order valence-electron chi connectivity index (χ1n) is 7.57. The van der Waals surface area contributed by atoms with Crippen LogP contribution < -0.4 is 4.90 Å². The Hall–Kier alpha value is -2.69. The van der Waals surface area contributed by atoms with Gasteiger partial charge in [0, 0.05) is 32.4 Å². The van der Waals surface area contributed by atoms with Gasteiger partial charge < -0.3 is 24.3 Å². The molecule has 1 fully saturated rings. The van der Waals surface area contributed by atoms with E-state index in [2.05, 4.69) is 11.1 Å². The monoisotopic (exact) mass is 320 g/mol. The number of nitrogens with one attached hydrogen (secondary N) is 1. The molecule has 124 valence electrons. The fourth-order valence-corrected chi connectivity index (χ4v) is 2.52. The van der Waals surface area contributed by atoms with Crippen LogP contribution in [0.3, 0.4) is 0 Å². The lowest BCUT2D eigenvalue weighted by molar-refractivity contribution is 0.0520. The van der Waals surface area contributed by atoms with E-state index < -0.39 is 5.97 Å². The van der Waals surface area contributed by atoms with E-state index in [-0.39, 0.29) is 18.4 Å². The van der Waals surface area contributed by atoms with Crippen molar-refractivity contribution in [2.45, 2.75) is 13.8 Å². The van der Waals surface area contributed by atoms with Crippen molar-refractivity contribution in [2.24, 2.45) is 0 Å². The zero-order chi connectivity index (χ0) is 16.8. The summed E-state index contributed by atoms with van der Waals surface area (Å²) in [6.45, 7) is 6.05. The lowest BCUT2D eigenvalue weighted by Gasteiger charge is -2.35. The molecule has 1 N–H and O–H groups in total. The standard InChI is InChI=1S/C15H20N4O4/c1-3-22-14(20)12-13(11(9-16)10-17-12)18-5-7-19(8-6-18)15(21)23-4-2/h10,17H,3-8H2,1-2H3. The predicted molar refractivity (Wildman–Crippen MR) is 82.3 cm³/mol. The minimum Gasteiger partial charge on any atom is -0.461 e. The summed E-state index contributed by atoms with van der Waals surface area (Å²) in [5.41, 5.74) is 1.19. The average Bonchev–Trinajstić information content (AvgIpc) is 2.99. The summed E-state index contributed by atoms with van der Waals surface area (Å²) in [6, 6.07) is 2.08. The SMILES string of the molecule is CCOC(=O)c1[nH]cc(C#N)c1N1CCN(C(=O)OCC)CC1. The number of aromatic nitrogens is 1. The van der Waals surface area contributed by atoms with Gasteiger partial charge in [0.25, 0.3) is 0 Å². The quantitative estimate of drug-likeness (QED) is 0.841. The first-order chi connectivity index (χ1) is 11.1. The molecule has 0 unspecified atom stereocenters. The number of carbonyl (C=O) groups is 2. The van der Waals surface area contributed by atoms with Crippen LogP contribution in [0.2, 0.25) is 0 Å². The molecule has 2 heterocycles. The molecule has 0 spiro atoms. The van der Waals surface area contributed by atoms with E-state index >= 15 is 0 Å². The molecular formula is C15H20N4O4. The van der Waals surface area contributed by atoms with Gasteiger partial charge in [0.1, 0.15) is 11.8 Å². The minimum atomic E-state index is -0.489. The molecule has 2 rings (SSSR count). The van der Waals surface area contributed by atoms with E-state index in [0.29, 0.717) is 44.0 Å². The molecule has 1 saturated heterocycles. The Morgan fingerprint density at radius 2 is 1.87 bits per heavy atom. The highest BCUT2D eigenvalue weighted by atomic mass is 16.6. The van der Waals surface area contributed by atoms with E-state index in [4.69, 9.17) is 9.47 Å². The molecule has 0 atom stereocenters. The third kappa shape index (κ3) is 3.56. The van der Waals surface area contributed by atoms with E-state index in [0.717, 1.165) is 0 Å². The van der Waals surface area contributed by atoms with Crippen molar-refractivity contribution in [3.05, 3.63) is 17.5 Å². The number of H-pyrrole nitrogens is 1. The van der Waals surface area contributed by atoms with Crippen molar-refractivity contribution in [1.82, 2.24) is 9.88 Å². The minimum absolute atomic E-state index is 0.260. The van der Waals surface area contributed by atoms with Gasteiger partial charge in [-0.25, -0.2) is 9.59 Å². The predicted octanol–water partition coefficient (Wildman–Crippen LogP) is 1.34. The van der Waals surface area contributed by atoms with Gasteiger partial charge in [0.2, 0.25) is 0 Å². The molecule has 8 heteroatoms. The van der Waals surface area contributed by atoms with Crippen LogP contribution in [-0.4, -0.2) is 61.3 Å². The molecule has 1 aliphatic heterocycles. The van der Waals surface area contributed by atoms with Crippen molar-refractivity contribution in [2.75, 3.05) is 44.3 Å². The number of nitrogens with zero attached hydrogens (tertiary/aromatic N) is 3. The van der Waals surface area contributed by atoms with Crippen molar-refractivity contribution in [3.8, 4) is 6.07 Å². The van der Waals surface area contributed by atoms with E-state index in [9.17, 15) is 14.9 Å². The van der Waals surface area contributed by atoms with Crippen LogP contribution in [-0.2, 0) is 9.47 Å². The van der Waals surface area contributed by atoms with Gasteiger partial charge in [0.05, 0.1) is 24.5 Å². The van der Waals surface area contributed by atoms with Crippen LogP contribution in [0.5, 0.6) is 0 Å². The summed E-state index contributed by atoms with van der Waals surface area (Å²) < 4.78 is 10.00. The maximum absolute atomic E-state index is 12.0. The highest BCUT2D eigenvalue weighted by molar-refractivity contribution is 5.95. The number of aromatic amines is 1. The fourth-order valence-electron chi connectivity index (χ4n) is 2.52. The van der Waals surface area contributed by atoms with Crippen molar-refractivity contribution in [1.29, 1.82) is 5.26 Å². The van der Waals surface area contributed by atoms with Crippen molar-refractivity contribution in [3.63, 3.8) is 0 Å². The Morgan fingerprint density at radius 1 is 1.22 bits per heavy atom. The molecule has 1 aromatic rings. The normalized spacial score (nSPS) is 14.3. The third-order valence-electron chi connectivity index (χ3n) is 3.57. The Morgan fingerprint density at radius 3 is 2.43 bits per heavy atom. The average molecular weight is 320 g/mol. The topological polar surface area (TPSA) is 98.7 Å². The summed E-state index contributed by atoms with van der Waals surface area (Å²) in [6.07, 6.45) is 1.16. The number of piperazine rings is 1. The first-order valence-corrected chi connectivity index (χ1v) is 7.57. The number of esters is 1. The van der Waals surface area contributed by atoms with Crippen molar-refractivity contribution < 1.29 is 19.1 Å². The van der Waals surface area contributed by atoms with Gasteiger partial charge in [-0.2, -0.15) is 5.26 Å². The van der Waals surface area contributed by atoms with Crippen molar-refractivity contribution >= 4 is 17.7 Å². The fraction of sp³-hybridized carbons (Fsp3) is 0.533. The lowest BCUT2D eigenvalue weighted by Crippen LogP contribution is -2.49. The number of amides is 1. The summed E-state index contributed by atoms with van der Waals surface area (Å²) in [4.78, 5) is 30.1. The molecule has 0 saturated carbocycles. The number of anilines is 1. The largest absolute Gasteiger partial charge is 0.461 e. The molecular weight excluding hydrogens is 300 g/mol. The highest BCUT2D eigenvalue weighted by Crippen LogP contribution is 2.27. The van der Waals surface area contributed by atoms with Crippen LogP contribution >= 0.6 is 0 Å². The number of rotatable bonds is 4. The Bertz CT molecular complexity index is 611. The number of nitriles is 1. The van der Waals surface area contributed by atoms with E-state index in [1.54, 1.807) is 18.7 Å². The highest BCUT2D eigenvalue weighted by Gasteiger charge is 2.28. The lowest BCUT2D eigenvalue weighted by atomic mass is 10.2. The molecule has 1 aliphatic rings. The molecule has 0 bridgehead atoms. The van der Waals surface area contributed by atoms with Crippen LogP contribution in [0.4, 0.5) is 10.5 Å². The number of carbonyl (C=O) groups excluding carboxylic acids is 2. The second-order valence-electron chi connectivity index (χ2n) is 4.93. The zero-order valence-corrected chi connectivity index (χ0v) is 13.3. The Balaban J connectivity index is 2.14. The smallest absolute Gasteiger partial charge is 0.409 e. The number of hydrogen-bond donors (Lipinski definition) is 1.